The third-order valence-electron chi connectivity index (χ3n) is 2.69. The molecule has 2 aromatic rings. The number of halogens is 1. The smallest absolute Gasteiger partial charge is 0.354 e. The third kappa shape index (κ3) is 2.17. The van der Waals surface area contributed by atoms with Gasteiger partial charge in [-0.3, -0.25) is 9.36 Å². The molecule has 2 aromatic heterocycles. The third-order valence-corrected chi connectivity index (χ3v) is 3.72. The summed E-state index contributed by atoms with van der Waals surface area (Å²) in [6, 6.07) is 1.48. The number of carboxylic acid groups (broad SMARTS) is 1. The molecule has 6 nitrogen and oxygen atoms in total. The van der Waals surface area contributed by atoms with Crippen LogP contribution in [0.2, 0.25) is 0 Å². The standard InChI is InChI=1S/C11H13BrN4O2/c1-3-15-9(10(12)7(2)14-15)6-16-8(11(17)18)4-5-13-16/h4-5H,3,6H2,1-2H3,(H,17,18). The van der Waals surface area contributed by atoms with E-state index in [0.717, 1.165) is 22.4 Å². The molecule has 7 heteroatoms. The Balaban J connectivity index is 2.39. The topological polar surface area (TPSA) is 72.9 Å². The van der Waals surface area contributed by atoms with E-state index < -0.39 is 5.97 Å². The average molecular weight is 313 g/mol. The van der Waals surface area contributed by atoms with E-state index in [1.54, 1.807) is 0 Å². The zero-order valence-corrected chi connectivity index (χ0v) is 11.7. The van der Waals surface area contributed by atoms with Gasteiger partial charge in [-0.2, -0.15) is 10.2 Å². The monoisotopic (exact) mass is 312 g/mol. The first kappa shape index (κ1) is 12.8. The Labute approximate surface area is 112 Å². The Hall–Kier alpha value is -1.63. The molecule has 2 heterocycles. The molecular formula is C11H13BrN4O2. The predicted molar refractivity (Wildman–Crippen MR) is 68.6 cm³/mol. The quantitative estimate of drug-likeness (QED) is 0.936. The fraction of sp³-hybridized carbons (Fsp3) is 0.364. The van der Waals surface area contributed by atoms with Gasteiger partial charge < -0.3 is 5.11 Å². The van der Waals surface area contributed by atoms with E-state index in [1.165, 1.54) is 16.9 Å². The Morgan fingerprint density at radius 2 is 2.22 bits per heavy atom. The lowest BCUT2D eigenvalue weighted by atomic mass is 10.3. The van der Waals surface area contributed by atoms with Crippen LogP contribution in [0.5, 0.6) is 0 Å². The van der Waals surface area contributed by atoms with Gasteiger partial charge >= 0.3 is 5.97 Å². The maximum atomic E-state index is 11.0. The maximum Gasteiger partial charge on any atom is 0.354 e. The maximum absolute atomic E-state index is 11.0. The van der Waals surface area contributed by atoms with Gasteiger partial charge in [0, 0.05) is 12.7 Å². The van der Waals surface area contributed by atoms with Crippen molar-refractivity contribution >= 4 is 21.9 Å². The number of carboxylic acids is 1. The van der Waals surface area contributed by atoms with Gasteiger partial charge in [-0.1, -0.05) is 0 Å². The van der Waals surface area contributed by atoms with Crippen molar-refractivity contribution in [3.8, 4) is 0 Å². The van der Waals surface area contributed by atoms with E-state index in [-0.39, 0.29) is 5.69 Å². The summed E-state index contributed by atoms with van der Waals surface area (Å²) in [7, 11) is 0. The first-order valence-electron chi connectivity index (χ1n) is 5.51. The largest absolute Gasteiger partial charge is 0.477 e. The van der Waals surface area contributed by atoms with Gasteiger partial charge in [-0.25, -0.2) is 4.79 Å². The lowest BCUT2D eigenvalue weighted by molar-refractivity contribution is 0.0684. The molecule has 18 heavy (non-hydrogen) atoms. The van der Waals surface area contributed by atoms with Crippen molar-refractivity contribution in [2.24, 2.45) is 0 Å². The van der Waals surface area contributed by atoms with Crippen LogP contribution in [0.25, 0.3) is 0 Å². The van der Waals surface area contributed by atoms with Gasteiger partial charge in [0.05, 0.1) is 22.4 Å². The van der Waals surface area contributed by atoms with Gasteiger partial charge in [0.2, 0.25) is 0 Å². The summed E-state index contributed by atoms with van der Waals surface area (Å²) in [4.78, 5) is 11.0. The summed E-state index contributed by atoms with van der Waals surface area (Å²) in [6.45, 7) is 5.00. The summed E-state index contributed by atoms with van der Waals surface area (Å²) in [5.41, 5.74) is 1.97. The molecule has 1 N–H and O–H groups in total. The SMILES string of the molecule is CCn1nc(C)c(Br)c1Cn1nccc1C(=O)O. The molecule has 0 saturated carbocycles. The molecule has 0 fully saturated rings. The molecule has 0 aliphatic carbocycles. The molecule has 96 valence electrons. The second-order valence-electron chi connectivity index (χ2n) is 3.84. The summed E-state index contributed by atoms with van der Waals surface area (Å²) in [5.74, 6) is -0.983. The molecule has 0 aliphatic heterocycles. The molecule has 0 aromatic carbocycles. The highest BCUT2D eigenvalue weighted by Crippen LogP contribution is 2.22. The normalized spacial score (nSPS) is 10.8. The van der Waals surface area contributed by atoms with E-state index >= 15 is 0 Å². The number of rotatable bonds is 4. The van der Waals surface area contributed by atoms with Crippen LogP contribution >= 0.6 is 15.9 Å². The van der Waals surface area contributed by atoms with Gasteiger partial charge in [-0.15, -0.1) is 0 Å². The number of aromatic carboxylic acids is 1. The minimum atomic E-state index is -0.983. The van der Waals surface area contributed by atoms with Gasteiger partial charge in [0.15, 0.2) is 0 Å². The molecule has 0 unspecified atom stereocenters. The molecule has 0 amide bonds. The van der Waals surface area contributed by atoms with E-state index in [2.05, 4.69) is 26.1 Å². The molecule has 0 saturated heterocycles. The van der Waals surface area contributed by atoms with Crippen LogP contribution in [0.3, 0.4) is 0 Å². The fourth-order valence-corrected chi connectivity index (χ4v) is 2.21. The minimum absolute atomic E-state index is 0.170. The molecule has 0 aliphatic rings. The van der Waals surface area contributed by atoms with Crippen molar-refractivity contribution in [1.82, 2.24) is 19.6 Å². The number of nitrogens with zero attached hydrogens (tertiary/aromatic N) is 4. The molecule has 2 rings (SSSR count). The zero-order chi connectivity index (χ0) is 13.3. The van der Waals surface area contributed by atoms with Crippen molar-refractivity contribution < 1.29 is 9.90 Å². The van der Waals surface area contributed by atoms with E-state index in [9.17, 15) is 4.79 Å². The highest BCUT2D eigenvalue weighted by Gasteiger charge is 2.16. The Bertz CT molecular complexity index is 588. The van der Waals surface area contributed by atoms with Crippen molar-refractivity contribution in [1.29, 1.82) is 0 Å². The Morgan fingerprint density at radius 3 is 2.83 bits per heavy atom. The molecule has 0 radical (unpaired) electrons. The summed E-state index contributed by atoms with van der Waals surface area (Å²) in [6.07, 6.45) is 1.48. The van der Waals surface area contributed by atoms with Gasteiger partial charge in [-0.05, 0) is 35.8 Å². The van der Waals surface area contributed by atoms with Crippen molar-refractivity contribution in [2.75, 3.05) is 0 Å². The lowest BCUT2D eigenvalue weighted by Gasteiger charge is -2.07. The first-order valence-corrected chi connectivity index (χ1v) is 6.30. The number of carbonyl (C=O) groups is 1. The van der Waals surface area contributed by atoms with Crippen LogP contribution in [0.1, 0.15) is 28.8 Å². The van der Waals surface area contributed by atoms with Crippen LogP contribution in [-0.4, -0.2) is 30.6 Å². The Morgan fingerprint density at radius 1 is 1.50 bits per heavy atom. The zero-order valence-electron chi connectivity index (χ0n) is 10.1. The van der Waals surface area contributed by atoms with Crippen molar-refractivity contribution in [2.45, 2.75) is 26.9 Å². The molecule has 0 bridgehead atoms. The van der Waals surface area contributed by atoms with E-state index in [4.69, 9.17) is 5.11 Å². The minimum Gasteiger partial charge on any atom is -0.477 e. The van der Waals surface area contributed by atoms with Crippen LogP contribution in [-0.2, 0) is 13.1 Å². The van der Waals surface area contributed by atoms with Crippen LogP contribution in [0.15, 0.2) is 16.7 Å². The van der Waals surface area contributed by atoms with Crippen molar-refractivity contribution in [3.05, 3.63) is 33.8 Å². The summed E-state index contributed by atoms with van der Waals surface area (Å²) >= 11 is 3.48. The van der Waals surface area contributed by atoms with Crippen LogP contribution < -0.4 is 0 Å². The summed E-state index contributed by atoms with van der Waals surface area (Å²) < 4.78 is 4.19. The van der Waals surface area contributed by atoms with Crippen LogP contribution in [0.4, 0.5) is 0 Å². The van der Waals surface area contributed by atoms with E-state index in [0.29, 0.717) is 6.54 Å². The Kier molecular flexibility index (Phi) is 3.51. The molecule has 0 atom stereocenters. The molecule has 0 spiro atoms. The molecular weight excluding hydrogens is 300 g/mol. The second-order valence-corrected chi connectivity index (χ2v) is 4.63. The predicted octanol–water partition coefficient (Wildman–Crippen LogP) is 1.92. The number of hydrogen-bond acceptors (Lipinski definition) is 3. The highest BCUT2D eigenvalue weighted by molar-refractivity contribution is 9.10. The second kappa shape index (κ2) is 4.93. The number of hydrogen-bond donors (Lipinski definition) is 1. The van der Waals surface area contributed by atoms with Crippen LogP contribution in [0, 0.1) is 6.92 Å². The average Bonchev–Trinajstić information content (AvgIpc) is 2.89. The fourth-order valence-electron chi connectivity index (χ4n) is 1.80. The highest BCUT2D eigenvalue weighted by atomic mass is 79.9. The van der Waals surface area contributed by atoms with Crippen molar-refractivity contribution in [3.63, 3.8) is 0 Å². The number of aryl methyl sites for hydroxylation is 2. The lowest BCUT2D eigenvalue weighted by Crippen LogP contribution is -2.14. The van der Waals surface area contributed by atoms with E-state index in [1.807, 2.05) is 18.5 Å². The first-order chi connectivity index (χ1) is 8.54. The number of aromatic nitrogens is 4. The van der Waals surface area contributed by atoms with Gasteiger partial charge in [0.25, 0.3) is 0 Å². The van der Waals surface area contributed by atoms with Gasteiger partial charge in [0.1, 0.15) is 5.69 Å². The summed E-state index contributed by atoms with van der Waals surface area (Å²) in [5, 5.41) is 17.4.